The number of ether oxygens (including phenoxy) is 1. The van der Waals surface area contributed by atoms with Gasteiger partial charge in [-0.3, -0.25) is 9.59 Å². The number of allylic oxidation sites excluding steroid dienone is 4. The molecule has 0 bridgehead atoms. The second-order valence-electron chi connectivity index (χ2n) is 20.4. The van der Waals surface area contributed by atoms with Crippen molar-refractivity contribution in [3.63, 3.8) is 0 Å². The Hall–Kier alpha value is -1.66. The molecule has 1 amide bonds. The Morgan fingerprint density at radius 3 is 1.12 bits per heavy atom. The quantitative estimate of drug-likeness (QED) is 0.0321. The summed E-state index contributed by atoms with van der Waals surface area (Å²) in [5, 5.41) is 23.3. The number of nitrogens with one attached hydrogen (secondary N) is 1. The zero-order chi connectivity index (χ0) is 47.9. The van der Waals surface area contributed by atoms with Crippen molar-refractivity contribution in [3.05, 3.63) is 24.3 Å². The number of aliphatic hydroxyl groups excluding tert-OH is 2. The maximum absolute atomic E-state index is 12.5. The Kier molecular flexibility index (Phi) is 54.5. The molecule has 0 aromatic rings. The highest BCUT2D eigenvalue weighted by molar-refractivity contribution is 5.76. The predicted octanol–water partition coefficient (Wildman–Crippen LogP) is 18.2. The Morgan fingerprint density at radius 2 is 0.742 bits per heavy atom. The molecule has 66 heavy (non-hydrogen) atoms. The van der Waals surface area contributed by atoms with Crippen LogP contribution in [0.5, 0.6) is 0 Å². The lowest BCUT2D eigenvalue weighted by Gasteiger charge is -2.22. The van der Waals surface area contributed by atoms with E-state index in [1.165, 1.54) is 218 Å². The van der Waals surface area contributed by atoms with Gasteiger partial charge in [-0.05, 0) is 57.8 Å². The Bertz CT molecular complexity index is 1030. The number of carbonyl (C=O) groups excluding carboxylic acids is 2. The third-order valence-corrected chi connectivity index (χ3v) is 13.8. The number of hydrogen-bond acceptors (Lipinski definition) is 5. The molecule has 0 saturated carbocycles. The van der Waals surface area contributed by atoms with Gasteiger partial charge in [0.1, 0.15) is 0 Å². The third kappa shape index (κ3) is 51.7. The van der Waals surface area contributed by atoms with Crippen LogP contribution in [0.4, 0.5) is 0 Å². The molecule has 0 saturated heterocycles. The van der Waals surface area contributed by atoms with Crippen LogP contribution in [0, 0.1) is 0 Å². The van der Waals surface area contributed by atoms with Gasteiger partial charge in [-0.25, -0.2) is 0 Å². The van der Waals surface area contributed by atoms with E-state index in [1.807, 2.05) is 0 Å². The number of aliphatic hydroxyl groups is 2. The van der Waals surface area contributed by atoms with Crippen LogP contribution in [0.2, 0.25) is 0 Å². The third-order valence-electron chi connectivity index (χ3n) is 13.8. The number of esters is 1. The van der Waals surface area contributed by atoms with E-state index in [4.69, 9.17) is 4.74 Å². The lowest BCUT2D eigenvalue weighted by Crippen LogP contribution is -2.45. The van der Waals surface area contributed by atoms with E-state index in [0.29, 0.717) is 25.9 Å². The van der Waals surface area contributed by atoms with Crippen molar-refractivity contribution in [2.24, 2.45) is 0 Å². The Morgan fingerprint density at radius 1 is 0.424 bits per heavy atom. The summed E-state index contributed by atoms with van der Waals surface area (Å²) in [4.78, 5) is 24.5. The van der Waals surface area contributed by atoms with E-state index >= 15 is 0 Å². The summed E-state index contributed by atoms with van der Waals surface area (Å²) in [7, 11) is 0. The highest BCUT2D eigenvalue weighted by atomic mass is 16.5. The normalized spacial score (nSPS) is 12.7. The van der Waals surface area contributed by atoms with Crippen LogP contribution in [0.3, 0.4) is 0 Å². The molecule has 390 valence electrons. The van der Waals surface area contributed by atoms with E-state index in [1.54, 1.807) is 0 Å². The number of unbranched alkanes of at least 4 members (excludes halogenated alkanes) is 41. The van der Waals surface area contributed by atoms with E-state index < -0.39 is 12.1 Å². The summed E-state index contributed by atoms with van der Waals surface area (Å²) in [5.41, 5.74) is 0. The largest absolute Gasteiger partial charge is 0.466 e. The summed E-state index contributed by atoms with van der Waals surface area (Å²) in [6.07, 6.45) is 67.4. The van der Waals surface area contributed by atoms with Gasteiger partial charge >= 0.3 is 5.97 Å². The zero-order valence-electron chi connectivity index (χ0n) is 44.4. The highest BCUT2D eigenvalue weighted by Crippen LogP contribution is 2.17. The molecule has 0 aliphatic heterocycles. The van der Waals surface area contributed by atoms with Crippen molar-refractivity contribution in [1.29, 1.82) is 0 Å². The zero-order valence-corrected chi connectivity index (χ0v) is 44.4. The minimum absolute atomic E-state index is 0.0133. The summed E-state index contributed by atoms with van der Waals surface area (Å²) >= 11 is 0. The van der Waals surface area contributed by atoms with Gasteiger partial charge in [0.2, 0.25) is 5.91 Å². The van der Waals surface area contributed by atoms with E-state index in [0.717, 1.165) is 70.6 Å². The Labute approximate surface area is 411 Å². The van der Waals surface area contributed by atoms with Gasteiger partial charge in [0.25, 0.3) is 0 Å². The second-order valence-corrected chi connectivity index (χ2v) is 20.4. The van der Waals surface area contributed by atoms with Crippen molar-refractivity contribution >= 4 is 11.9 Å². The molecule has 2 unspecified atom stereocenters. The van der Waals surface area contributed by atoms with E-state index in [9.17, 15) is 19.8 Å². The van der Waals surface area contributed by atoms with Gasteiger partial charge in [-0.2, -0.15) is 0 Å². The minimum atomic E-state index is -0.671. The van der Waals surface area contributed by atoms with Crippen LogP contribution in [0.15, 0.2) is 24.3 Å². The topological polar surface area (TPSA) is 95.9 Å². The first kappa shape index (κ1) is 64.3. The molecule has 0 aromatic heterocycles. The first-order chi connectivity index (χ1) is 32.5. The lowest BCUT2D eigenvalue weighted by molar-refractivity contribution is -0.143. The SMILES string of the molecule is CCCCCCCCCCCCCCCCCCCCCC(O)C(CO)NC(=O)CCCCCCCCCCCC/C=C\C=C/CCCCCOC(=O)CCCCCCCCCCCCC. The van der Waals surface area contributed by atoms with E-state index in [-0.39, 0.29) is 18.5 Å². The highest BCUT2D eigenvalue weighted by Gasteiger charge is 2.20. The van der Waals surface area contributed by atoms with Gasteiger partial charge in [0.15, 0.2) is 0 Å². The van der Waals surface area contributed by atoms with Crippen molar-refractivity contribution < 1.29 is 24.5 Å². The summed E-state index contributed by atoms with van der Waals surface area (Å²) in [5.74, 6) is -0.0555. The molecule has 0 spiro atoms. The summed E-state index contributed by atoms with van der Waals surface area (Å²) in [6.45, 7) is 4.92. The molecule has 0 heterocycles. The van der Waals surface area contributed by atoms with Gasteiger partial charge in [0.05, 0.1) is 25.4 Å². The molecule has 0 aliphatic rings. The fourth-order valence-electron chi connectivity index (χ4n) is 9.22. The van der Waals surface area contributed by atoms with Crippen molar-refractivity contribution in [2.45, 2.75) is 334 Å². The Balaban J connectivity index is 3.48. The fourth-order valence-corrected chi connectivity index (χ4v) is 9.22. The van der Waals surface area contributed by atoms with Crippen LogP contribution >= 0.6 is 0 Å². The number of rotatable bonds is 55. The number of hydrogen-bond donors (Lipinski definition) is 3. The molecule has 0 aromatic carbocycles. The van der Waals surface area contributed by atoms with Gasteiger partial charge in [-0.1, -0.05) is 276 Å². The maximum Gasteiger partial charge on any atom is 0.305 e. The molecule has 0 radical (unpaired) electrons. The monoisotopic (exact) mass is 930 g/mol. The summed E-state index contributed by atoms with van der Waals surface area (Å²) in [6, 6.07) is -0.549. The number of carbonyl (C=O) groups is 2. The molecule has 6 nitrogen and oxygen atoms in total. The van der Waals surface area contributed by atoms with Crippen LogP contribution in [0.1, 0.15) is 322 Å². The predicted molar refractivity (Wildman–Crippen MR) is 287 cm³/mol. The van der Waals surface area contributed by atoms with Crippen LogP contribution < -0.4 is 5.32 Å². The fraction of sp³-hybridized carbons (Fsp3) is 0.900. The molecular weight excluding hydrogens is 815 g/mol. The van der Waals surface area contributed by atoms with Crippen molar-refractivity contribution in [3.8, 4) is 0 Å². The summed E-state index contributed by atoms with van der Waals surface area (Å²) < 4.78 is 5.43. The molecule has 6 heteroatoms. The van der Waals surface area contributed by atoms with Crippen molar-refractivity contribution in [2.75, 3.05) is 13.2 Å². The molecule has 2 atom stereocenters. The molecule has 0 aliphatic carbocycles. The lowest BCUT2D eigenvalue weighted by atomic mass is 10.0. The average Bonchev–Trinajstić information content (AvgIpc) is 3.32. The van der Waals surface area contributed by atoms with Crippen LogP contribution in [0.25, 0.3) is 0 Å². The maximum atomic E-state index is 12.5. The number of amides is 1. The van der Waals surface area contributed by atoms with Crippen molar-refractivity contribution in [1.82, 2.24) is 5.32 Å². The minimum Gasteiger partial charge on any atom is -0.466 e. The average molecular weight is 931 g/mol. The molecular formula is C60H115NO5. The van der Waals surface area contributed by atoms with Crippen LogP contribution in [-0.4, -0.2) is 47.4 Å². The van der Waals surface area contributed by atoms with Crippen LogP contribution in [-0.2, 0) is 14.3 Å². The molecule has 0 rings (SSSR count). The van der Waals surface area contributed by atoms with Gasteiger partial charge in [0, 0.05) is 12.8 Å². The smallest absolute Gasteiger partial charge is 0.305 e. The first-order valence-corrected chi connectivity index (χ1v) is 29.6. The van der Waals surface area contributed by atoms with Gasteiger partial charge in [-0.15, -0.1) is 0 Å². The van der Waals surface area contributed by atoms with Gasteiger partial charge < -0.3 is 20.3 Å². The molecule has 3 N–H and O–H groups in total. The van der Waals surface area contributed by atoms with E-state index in [2.05, 4.69) is 43.5 Å². The molecule has 0 fully saturated rings. The first-order valence-electron chi connectivity index (χ1n) is 29.6. The standard InChI is InChI=1S/C60H115NO5/c1-3-5-7-9-11-13-15-16-17-18-20-23-26-29-33-36-40-44-48-52-58(63)57(56-62)61-59(64)53-49-45-41-37-34-30-27-24-21-19-22-25-28-31-35-39-43-47-51-55-66-60(65)54-50-46-42-38-32-14-12-10-8-6-4-2/h25,28,31,35,57-58,62-63H,3-24,26-27,29-30,32-34,36-56H2,1-2H3,(H,61,64)/b28-25-,35-31-. The second kappa shape index (κ2) is 55.9.